The van der Waals surface area contributed by atoms with Gasteiger partial charge in [0.25, 0.3) is 10.0 Å². The Bertz CT molecular complexity index is 1650. The minimum absolute atomic E-state index is 0.0181. The first kappa shape index (κ1) is 32.8. The number of para-hydroxylation sites is 1. The van der Waals surface area contributed by atoms with E-state index in [1.807, 2.05) is 62.4 Å². The van der Waals surface area contributed by atoms with Crippen molar-refractivity contribution in [2.75, 3.05) is 17.4 Å². The van der Waals surface area contributed by atoms with Crippen LogP contribution in [0.4, 0.5) is 5.69 Å². The van der Waals surface area contributed by atoms with Crippen LogP contribution in [0.25, 0.3) is 0 Å². The van der Waals surface area contributed by atoms with E-state index in [1.165, 1.54) is 17.0 Å². The number of carbonyl (C=O) groups is 2. The van der Waals surface area contributed by atoms with Gasteiger partial charge in [-0.2, -0.15) is 0 Å². The highest BCUT2D eigenvalue weighted by Crippen LogP contribution is 2.29. The number of halogens is 1. The normalized spacial score (nSPS) is 11.9. The Hall–Kier alpha value is -4.14. The van der Waals surface area contributed by atoms with Gasteiger partial charge in [0.1, 0.15) is 12.6 Å². The molecule has 0 aliphatic heterocycles. The van der Waals surface area contributed by atoms with Crippen LogP contribution in [-0.4, -0.2) is 44.3 Å². The Morgan fingerprint density at radius 1 is 0.795 bits per heavy atom. The van der Waals surface area contributed by atoms with E-state index in [0.29, 0.717) is 29.2 Å². The second-order valence-electron chi connectivity index (χ2n) is 10.4. The molecule has 0 unspecified atom stereocenters. The first-order valence-corrected chi connectivity index (χ1v) is 16.6. The third kappa shape index (κ3) is 8.07. The summed E-state index contributed by atoms with van der Waals surface area (Å²) in [6.45, 7) is 3.84. The second kappa shape index (κ2) is 15.5. The summed E-state index contributed by atoms with van der Waals surface area (Å²) in [4.78, 5) is 29.8. The molecule has 0 aromatic heterocycles. The van der Waals surface area contributed by atoms with Crippen molar-refractivity contribution >= 4 is 39.1 Å². The van der Waals surface area contributed by atoms with Gasteiger partial charge in [0, 0.05) is 24.5 Å². The van der Waals surface area contributed by atoms with Crippen LogP contribution >= 0.6 is 11.6 Å². The summed E-state index contributed by atoms with van der Waals surface area (Å²) in [6.07, 6.45) is 1.52. The number of anilines is 1. The van der Waals surface area contributed by atoms with E-state index in [0.717, 1.165) is 21.9 Å². The fourth-order valence-corrected chi connectivity index (χ4v) is 6.68. The number of hydrogen-bond acceptors (Lipinski definition) is 4. The van der Waals surface area contributed by atoms with E-state index in [-0.39, 0.29) is 23.8 Å². The zero-order valence-corrected chi connectivity index (χ0v) is 26.6. The van der Waals surface area contributed by atoms with E-state index in [9.17, 15) is 18.0 Å². The van der Waals surface area contributed by atoms with Crippen LogP contribution in [0, 0.1) is 0 Å². The number of nitrogens with zero attached hydrogens (tertiary/aromatic N) is 2. The first-order valence-electron chi connectivity index (χ1n) is 14.8. The number of carbonyl (C=O) groups excluding carboxylic acids is 2. The Morgan fingerprint density at radius 2 is 1.39 bits per heavy atom. The highest BCUT2D eigenvalue weighted by atomic mass is 35.5. The highest BCUT2D eigenvalue weighted by molar-refractivity contribution is 7.92. The summed E-state index contributed by atoms with van der Waals surface area (Å²) in [5.41, 5.74) is 2.71. The lowest BCUT2D eigenvalue weighted by Gasteiger charge is -2.34. The summed E-state index contributed by atoms with van der Waals surface area (Å²) >= 11 is 6.55. The van der Waals surface area contributed by atoms with Gasteiger partial charge in [-0.05, 0) is 53.8 Å². The maximum absolute atomic E-state index is 14.5. The molecule has 1 atom stereocenters. The topological polar surface area (TPSA) is 86.8 Å². The standard InChI is InChI=1S/C35H38ClN3O4S/c1-3-23-37-35(41)33(24-27-15-7-5-8-16-27)38(25-29-18-11-13-21-31(29)36)34(40)26-39(32-22-14-12-17-28(32)4-2)44(42,43)30-19-9-6-10-20-30/h5-22,33H,3-4,23-26H2,1-2H3,(H,37,41)/t33-/m0/s1. The lowest BCUT2D eigenvalue weighted by Crippen LogP contribution is -2.53. The number of benzene rings is 4. The molecule has 0 fully saturated rings. The summed E-state index contributed by atoms with van der Waals surface area (Å²) < 4.78 is 29.5. The largest absolute Gasteiger partial charge is 0.354 e. The third-order valence-corrected chi connectivity index (χ3v) is 9.51. The van der Waals surface area contributed by atoms with Crippen LogP contribution in [0.3, 0.4) is 0 Å². The molecule has 9 heteroatoms. The molecule has 4 aromatic rings. The van der Waals surface area contributed by atoms with Crippen molar-refractivity contribution in [1.82, 2.24) is 10.2 Å². The minimum atomic E-state index is -4.16. The number of nitrogens with one attached hydrogen (secondary N) is 1. The monoisotopic (exact) mass is 631 g/mol. The zero-order chi connectivity index (χ0) is 31.5. The highest BCUT2D eigenvalue weighted by Gasteiger charge is 2.35. The molecule has 2 amide bonds. The van der Waals surface area contributed by atoms with Gasteiger partial charge in [-0.25, -0.2) is 8.42 Å². The van der Waals surface area contributed by atoms with Crippen molar-refractivity contribution in [3.8, 4) is 0 Å². The summed E-state index contributed by atoms with van der Waals surface area (Å²) in [5, 5.41) is 3.40. The van der Waals surface area contributed by atoms with Crippen molar-refractivity contribution in [3.63, 3.8) is 0 Å². The lowest BCUT2D eigenvalue weighted by molar-refractivity contribution is -0.140. The number of sulfonamides is 1. The Balaban J connectivity index is 1.82. The average Bonchev–Trinajstić information content (AvgIpc) is 3.05. The van der Waals surface area contributed by atoms with Crippen molar-refractivity contribution < 1.29 is 18.0 Å². The smallest absolute Gasteiger partial charge is 0.264 e. The molecule has 7 nitrogen and oxygen atoms in total. The fraction of sp³-hybridized carbons (Fsp3) is 0.257. The SMILES string of the molecule is CCCNC(=O)[C@H](Cc1ccccc1)N(Cc1ccccc1Cl)C(=O)CN(c1ccccc1CC)S(=O)(=O)c1ccccc1. The molecular formula is C35H38ClN3O4S. The molecule has 0 aliphatic carbocycles. The summed E-state index contributed by atoms with van der Waals surface area (Å²) in [7, 11) is -4.16. The molecule has 230 valence electrons. The van der Waals surface area contributed by atoms with Gasteiger partial charge in [-0.1, -0.05) is 110 Å². The van der Waals surface area contributed by atoms with Crippen LogP contribution in [0.5, 0.6) is 0 Å². The molecule has 0 aliphatic rings. The van der Waals surface area contributed by atoms with Crippen LogP contribution in [0.1, 0.15) is 37.0 Å². The van der Waals surface area contributed by atoms with Crippen molar-refractivity contribution in [3.05, 3.63) is 131 Å². The van der Waals surface area contributed by atoms with Crippen LogP contribution in [0.2, 0.25) is 5.02 Å². The summed E-state index contributed by atoms with van der Waals surface area (Å²) in [5.74, 6) is -0.842. The van der Waals surface area contributed by atoms with E-state index in [4.69, 9.17) is 11.6 Å². The maximum Gasteiger partial charge on any atom is 0.264 e. The summed E-state index contributed by atoms with van der Waals surface area (Å²) in [6, 6.07) is 30.9. The molecule has 0 saturated heterocycles. The molecule has 0 saturated carbocycles. The lowest BCUT2D eigenvalue weighted by atomic mass is 10.0. The van der Waals surface area contributed by atoms with Crippen LogP contribution in [0.15, 0.2) is 114 Å². The maximum atomic E-state index is 14.5. The molecule has 4 rings (SSSR count). The molecule has 0 spiro atoms. The number of rotatable bonds is 14. The predicted molar refractivity (Wildman–Crippen MR) is 176 cm³/mol. The zero-order valence-electron chi connectivity index (χ0n) is 25.0. The molecule has 0 heterocycles. The second-order valence-corrected chi connectivity index (χ2v) is 12.7. The number of amides is 2. The van der Waals surface area contributed by atoms with Gasteiger partial charge in [-0.15, -0.1) is 0 Å². The van der Waals surface area contributed by atoms with E-state index in [2.05, 4.69) is 5.32 Å². The van der Waals surface area contributed by atoms with Gasteiger partial charge >= 0.3 is 0 Å². The van der Waals surface area contributed by atoms with Crippen molar-refractivity contribution in [1.29, 1.82) is 0 Å². The van der Waals surface area contributed by atoms with E-state index < -0.39 is 28.5 Å². The van der Waals surface area contributed by atoms with Gasteiger partial charge in [0.2, 0.25) is 11.8 Å². The van der Waals surface area contributed by atoms with Crippen LogP contribution in [-0.2, 0) is 39.0 Å². The molecule has 44 heavy (non-hydrogen) atoms. The van der Waals surface area contributed by atoms with E-state index in [1.54, 1.807) is 48.5 Å². The molecule has 0 bridgehead atoms. The van der Waals surface area contributed by atoms with Crippen molar-refractivity contribution in [2.24, 2.45) is 0 Å². The Morgan fingerprint density at radius 3 is 2.02 bits per heavy atom. The Labute approximate surface area is 265 Å². The predicted octanol–water partition coefficient (Wildman–Crippen LogP) is 6.26. The molecule has 4 aromatic carbocycles. The molecule has 1 N–H and O–H groups in total. The minimum Gasteiger partial charge on any atom is -0.354 e. The van der Waals surface area contributed by atoms with Gasteiger partial charge in [0.15, 0.2) is 0 Å². The van der Waals surface area contributed by atoms with Gasteiger partial charge in [0.05, 0.1) is 10.6 Å². The fourth-order valence-electron chi connectivity index (χ4n) is 5.02. The van der Waals surface area contributed by atoms with Gasteiger partial charge < -0.3 is 10.2 Å². The third-order valence-electron chi connectivity index (χ3n) is 7.37. The Kier molecular flexibility index (Phi) is 11.6. The number of aryl methyl sites for hydroxylation is 1. The quantitative estimate of drug-likeness (QED) is 0.178. The van der Waals surface area contributed by atoms with Crippen LogP contribution < -0.4 is 9.62 Å². The molecular weight excluding hydrogens is 594 g/mol. The number of hydrogen-bond donors (Lipinski definition) is 1. The van der Waals surface area contributed by atoms with E-state index >= 15 is 0 Å². The van der Waals surface area contributed by atoms with Crippen molar-refractivity contribution in [2.45, 2.75) is 50.6 Å². The molecule has 0 radical (unpaired) electrons. The average molecular weight is 632 g/mol. The van der Waals surface area contributed by atoms with Gasteiger partial charge in [-0.3, -0.25) is 13.9 Å². The first-order chi connectivity index (χ1) is 21.3.